The Labute approximate surface area is 94.7 Å². The van der Waals surface area contributed by atoms with Crippen molar-refractivity contribution < 1.29 is 14.5 Å². The van der Waals surface area contributed by atoms with Crippen molar-refractivity contribution >= 4 is 5.69 Å². The van der Waals surface area contributed by atoms with Crippen LogP contribution in [0.3, 0.4) is 0 Å². The number of nitrogens with zero attached hydrogens (tertiary/aromatic N) is 2. The van der Waals surface area contributed by atoms with Gasteiger partial charge in [-0.25, -0.2) is 0 Å². The zero-order valence-electron chi connectivity index (χ0n) is 9.75. The Kier molecular flexibility index (Phi) is 3.62. The van der Waals surface area contributed by atoms with Crippen LogP contribution >= 0.6 is 0 Å². The van der Waals surface area contributed by atoms with Gasteiger partial charge in [-0.1, -0.05) is 12.1 Å². The fourth-order valence-corrected chi connectivity index (χ4v) is 1.47. The summed E-state index contributed by atoms with van der Waals surface area (Å²) < 4.78 is 0.601. The second kappa shape index (κ2) is 4.59. The van der Waals surface area contributed by atoms with Gasteiger partial charge in [-0.3, -0.25) is 10.1 Å². The molecule has 88 valence electrons. The molecule has 0 aromatic heterocycles. The highest BCUT2D eigenvalue weighted by Gasteiger charge is 2.18. The molecule has 1 aromatic rings. The summed E-state index contributed by atoms with van der Waals surface area (Å²) in [5.41, 5.74) is 0.597. The molecule has 1 aromatic carbocycles. The predicted molar refractivity (Wildman–Crippen MR) is 61.0 cm³/mol. The zero-order valence-corrected chi connectivity index (χ0v) is 9.75. The van der Waals surface area contributed by atoms with E-state index in [1.807, 2.05) is 21.1 Å². The maximum absolute atomic E-state index is 10.6. The molecule has 0 unspecified atom stereocenters. The van der Waals surface area contributed by atoms with E-state index in [-0.39, 0.29) is 5.69 Å². The molecule has 1 atom stereocenters. The van der Waals surface area contributed by atoms with Crippen LogP contribution in [-0.4, -0.2) is 42.2 Å². The third-order valence-corrected chi connectivity index (χ3v) is 2.19. The number of quaternary nitrogens is 1. The molecular formula is C11H17N2O3+. The Hall–Kier alpha value is -1.46. The lowest BCUT2D eigenvalue weighted by atomic mass is 10.1. The fraction of sp³-hybridized carbons (Fsp3) is 0.455. The van der Waals surface area contributed by atoms with Crippen LogP contribution in [0.2, 0.25) is 0 Å². The van der Waals surface area contributed by atoms with Crippen molar-refractivity contribution in [2.45, 2.75) is 6.10 Å². The van der Waals surface area contributed by atoms with E-state index in [0.29, 0.717) is 16.6 Å². The molecule has 0 aliphatic heterocycles. The number of benzene rings is 1. The van der Waals surface area contributed by atoms with Crippen molar-refractivity contribution in [2.24, 2.45) is 0 Å². The Morgan fingerprint density at radius 1 is 1.44 bits per heavy atom. The van der Waals surface area contributed by atoms with Crippen molar-refractivity contribution in [3.63, 3.8) is 0 Å². The number of nitro benzene ring substituents is 1. The van der Waals surface area contributed by atoms with Crippen LogP contribution in [-0.2, 0) is 0 Å². The Morgan fingerprint density at radius 2 is 2.06 bits per heavy atom. The first-order chi connectivity index (χ1) is 7.29. The van der Waals surface area contributed by atoms with Crippen molar-refractivity contribution in [1.29, 1.82) is 0 Å². The minimum absolute atomic E-state index is 0.0120. The van der Waals surface area contributed by atoms with Crippen LogP contribution < -0.4 is 0 Å². The molecule has 1 N–H and O–H groups in total. The summed E-state index contributed by atoms with van der Waals surface area (Å²) >= 11 is 0. The highest BCUT2D eigenvalue weighted by Crippen LogP contribution is 2.20. The van der Waals surface area contributed by atoms with E-state index in [9.17, 15) is 15.2 Å². The Bertz CT molecular complexity index is 385. The van der Waals surface area contributed by atoms with Crippen molar-refractivity contribution in [2.75, 3.05) is 27.7 Å². The lowest BCUT2D eigenvalue weighted by molar-refractivity contribution is -0.874. The van der Waals surface area contributed by atoms with Crippen LogP contribution in [0.15, 0.2) is 24.3 Å². The van der Waals surface area contributed by atoms with Gasteiger partial charge in [0.2, 0.25) is 0 Å². The lowest BCUT2D eigenvalue weighted by Gasteiger charge is -2.26. The van der Waals surface area contributed by atoms with Gasteiger partial charge in [0.25, 0.3) is 5.69 Å². The molecule has 0 saturated heterocycles. The van der Waals surface area contributed by atoms with Crippen LogP contribution in [0.25, 0.3) is 0 Å². The van der Waals surface area contributed by atoms with Crippen molar-refractivity contribution in [1.82, 2.24) is 0 Å². The van der Waals surface area contributed by atoms with Gasteiger partial charge in [-0.2, -0.15) is 0 Å². The summed E-state index contributed by atoms with van der Waals surface area (Å²) in [5.74, 6) is 0. The number of aliphatic hydroxyl groups is 1. The van der Waals surface area contributed by atoms with E-state index in [1.165, 1.54) is 12.1 Å². The van der Waals surface area contributed by atoms with Crippen LogP contribution in [0.1, 0.15) is 11.7 Å². The molecule has 0 heterocycles. The second-order valence-electron chi connectivity index (χ2n) is 4.84. The quantitative estimate of drug-likeness (QED) is 0.477. The normalized spacial score (nSPS) is 13.5. The zero-order chi connectivity index (χ0) is 12.3. The summed E-state index contributed by atoms with van der Waals surface area (Å²) in [7, 11) is 5.88. The number of hydrogen-bond acceptors (Lipinski definition) is 3. The van der Waals surface area contributed by atoms with Crippen LogP contribution in [0.5, 0.6) is 0 Å². The van der Waals surface area contributed by atoms with E-state index < -0.39 is 11.0 Å². The largest absolute Gasteiger partial charge is 0.382 e. The van der Waals surface area contributed by atoms with E-state index in [4.69, 9.17) is 0 Å². The van der Waals surface area contributed by atoms with Gasteiger partial charge < -0.3 is 9.59 Å². The fourth-order valence-electron chi connectivity index (χ4n) is 1.47. The third kappa shape index (κ3) is 3.60. The standard InChI is InChI=1S/C11H17N2O3/c1-13(2,3)8-11(14)9-5-4-6-10(7-9)12(15)16/h4-7,11,14H,8H2,1-3H3/q+1/t11-/m0/s1. The molecule has 16 heavy (non-hydrogen) atoms. The molecule has 0 fully saturated rings. The summed E-state index contributed by atoms with van der Waals surface area (Å²) in [4.78, 5) is 10.1. The summed E-state index contributed by atoms with van der Waals surface area (Å²) in [6, 6.07) is 6.13. The van der Waals surface area contributed by atoms with Gasteiger partial charge in [-0.05, 0) is 5.56 Å². The average Bonchev–Trinajstić information content (AvgIpc) is 2.15. The molecule has 5 heteroatoms. The maximum Gasteiger partial charge on any atom is 0.269 e. The van der Waals surface area contributed by atoms with Crippen LogP contribution in [0.4, 0.5) is 5.69 Å². The average molecular weight is 225 g/mol. The van der Waals surface area contributed by atoms with Gasteiger partial charge in [0.05, 0.1) is 26.1 Å². The molecule has 0 radical (unpaired) electrons. The molecule has 5 nitrogen and oxygen atoms in total. The molecule has 0 bridgehead atoms. The number of hydrogen-bond donors (Lipinski definition) is 1. The number of non-ortho nitro benzene ring substituents is 1. The number of aliphatic hydroxyl groups excluding tert-OH is 1. The Morgan fingerprint density at radius 3 is 2.56 bits per heavy atom. The first-order valence-corrected chi connectivity index (χ1v) is 5.02. The van der Waals surface area contributed by atoms with Gasteiger partial charge in [0.15, 0.2) is 0 Å². The molecule has 0 aliphatic carbocycles. The lowest BCUT2D eigenvalue weighted by Crippen LogP contribution is -2.38. The monoisotopic (exact) mass is 225 g/mol. The summed E-state index contributed by atoms with van der Waals surface area (Å²) in [6.07, 6.45) is -0.681. The maximum atomic E-state index is 10.6. The highest BCUT2D eigenvalue weighted by molar-refractivity contribution is 5.35. The molecule has 1 rings (SSSR count). The second-order valence-corrected chi connectivity index (χ2v) is 4.84. The van der Waals surface area contributed by atoms with Crippen molar-refractivity contribution in [3.05, 3.63) is 39.9 Å². The van der Waals surface area contributed by atoms with Gasteiger partial charge in [0.1, 0.15) is 12.6 Å². The first kappa shape index (κ1) is 12.6. The van der Waals surface area contributed by atoms with E-state index in [2.05, 4.69) is 0 Å². The molecule has 0 aliphatic rings. The number of nitro groups is 1. The number of likely N-dealkylation sites (N-methyl/N-ethyl adjacent to an activating group) is 1. The molecular weight excluding hydrogens is 208 g/mol. The SMILES string of the molecule is C[N+](C)(C)C[C@H](O)c1cccc([N+](=O)[O-])c1. The highest BCUT2D eigenvalue weighted by atomic mass is 16.6. The van der Waals surface area contributed by atoms with Gasteiger partial charge in [0, 0.05) is 12.1 Å². The summed E-state index contributed by atoms with van der Waals surface area (Å²) in [5, 5.41) is 20.5. The summed E-state index contributed by atoms with van der Waals surface area (Å²) in [6.45, 7) is 0.515. The predicted octanol–water partition coefficient (Wildman–Crippen LogP) is 1.33. The third-order valence-electron chi connectivity index (χ3n) is 2.19. The van der Waals surface area contributed by atoms with Crippen LogP contribution in [0, 0.1) is 10.1 Å². The smallest absolute Gasteiger partial charge is 0.269 e. The van der Waals surface area contributed by atoms with E-state index >= 15 is 0 Å². The van der Waals surface area contributed by atoms with E-state index in [0.717, 1.165) is 0 Å². The Balaban J connectivity index is 2.87. The van der Waals surface area contributed by atoms with E-state index in [1.54, 1.807) is 12.1 Å². The van der Waals surface area contributed by atoms with Crippen molar-refractivity contribution in [3.8, 4) is 0 Å². The minimum atomic E-state index is -0.681. The molecule has 0 saturated carbocycles. The molecule has 0 spiro atoms. The molecule has 0 amide bonds. The topological polar surface area (TPSA) is 63.4 Å². The number of rotatable bonds is 4. The van der Waals surface area contributed by atoms with Gasteiger partial charge >= 0.3 is 0 Å². The first-order valence-electron chi connectivity index (χ1n) is 5.02. The van der Waals surface area contributed by atoms with Gasteiger partial charge in [-0.15, -0.1) is 0 Å². The minimum Gasteiger partial charge on any atom is -0.382 e.